The minimum Gasteiger partial charge on any atom is -0.396 e. The summed E-state index contributed by atoms with van der Waals surface area (Å²) in [5.41, 5.74) is 2.04. The highest BCUT2D eigenvalue weighted by molar-refractivity contribution is 6.31. The molecule has 1 aromatic carbocycles. The molecule has 2 rings (SSSR count). The maximum Gasteiger partial charge on any atom is 0.0584 e. The van der Waals surface area contributed by atoms with Gasteiger partial charge in [-0.15, -0.1) is 0 Å². The summed E-state index contributed by atoms with van der Waals surface area (Å²) in [6.07, 6.45) is 0. The van der Waals surface area contributed by atoms with Crippen LogP contribution < -0.4 is 4.90 Å². The van der Waals surface area contributed by atoms with Crippen LogP contribution in [0.4, 0.5) is 5.69 Å². The molecule has 1 fully saturated rings. The van der Waals surface area contributed by atoms with E-state index in [1.54, 1.807) is 0 Å². The molecule has 1 saturated heterocycles. The van der Waals surface area contributed by atoms with Gasteiger partial charge in [0.05, 0.1) is 25.2 Å². The fourth-order valence-corrected chi connectivity index (χ4v) is 2.21. The molecule has 94 valence electrons. The molecule has 4 heteroatoms. The number of halogens is 1. The third-order valence-electron chi connectivity index (χ3n) is 3.32. The molecule has 1 aliphatic rings. The molecule has 0 atom stereocenters. The first kappa shape index (κ1) is 12.7. The highest BCUT2D eigenvalue weighted by Gasteiger charge is 2.39. The Balaban J connectivity index is 2.08. The summed E-state index contributed by atoms with van der Waals surface area (Å²) in [5.74, 6) is 0. The van der Waals surface area contributed by atoms with Gasteiger partial charge in [-0.25, -0.2) is 0 Å². The molecular weight excluding hydrogens is 238 g/mol. The van der Waals surface area contributed by atoms with E-state index in [0.717, 1.165) is 22.8 Å². The van der Waals surface area contributed by atoms with Crippen LogP contribution in [0.5, 0.6) is 0 Å². The Hall–Kier alpha value is -0.770. The molecule has 1 heterocycles. The van der Waals surface area contributed by atoms with Crippen LogP contribution in [0.25, 0.3) is 0 Å². The van der Waals surface area contributed by atoms with E-state index in [9.17, 15) is 5.11 Å². The molecular formula is C13H18ClNO2. The lowest BCUT2D eigenvalue weighted by Crippen LogP contribution is -2.52. The number of rotatable bonds is 4. The summed E-state index contributed by atoms with van der Waals surface area (Å²) < 4.78 is 5.20. The Labute approximate surface area is 107 Å². The molecule has 1 N–H and O–H groups in total. The highest BCUT2D eigenvalue weighted by Crippen LogP contribution is 2.30. The van der Waals surface area contributed by atoms with Crippen molar-refractivity contribution in [1.29, 1.82) is 0 Å². The zero-order valence-electron chi connectivity index (χ0n) is 10.2. The van der Waals surface area contributed by atoms with Crippen molar-refractivity contribution in [1.82, 2.24) is 0 Å². The third kappa shape index (κ3) is 2.57. The Morgan fingerprint density at radius 3 is 2.65 bits per heavy atom. The SMILES string of the molecule is Cc1ccc(N(C)CC2(CO)COC2)cc1Cl. The average Bonchev–Trinajstić information content (AvgIpc) is 2.27. The van der Waals surface area contributed by atoms with Crippen molar-refractivity contribution in [3.8, 4) is 0 Å². The van der Waals surface area contributed by atoms with E-state index in [2.05, 4.69) is 4.90 Å². The number of hydrogen-bond donors (Lipinski definition) is 1. The molecule has 0 spiro atoms. The van der Waals surface area contributed by atoms with Crippen LogP contribution in [0, 0.1) is 12.3 Å². The molecule has 17 heavy (non-hydrogen) atoms. The molecule has 0 unspecified atom stereocenters. The van der Waals surface area contributed by atoms with Gasteiger partial charge in [0.15, 0.2) is 0 Å². The second kappa shape index (κ2) is 4.84. The number of aliphatic hydroxyl groups excluding tert-OH is 1. The molecule has 1 aliphatic heterocycles. The largest absolute Gasteiger partial charge is 0.396 e. The van der Waals surface area contributed by atoms with Crippen molar-refractivity contribution in [2.24, 2.45) is 5.41 Å². The summed E-state index contributed by atoms with van der Waals surface area (Å²) in [5, 5.41) is 10.2. The Bertz CT molecular complexity index is 399. The van der Waals surface area contributed by atoms with E-state index in [0.29, 0.717) is 13.2 Å². The fourth-order valence-electron chi connectivity index (χ4n) is 2.04. The van der Waals surface area contributed by atoms with Crippen LogP contribution in [0.3, 0.4) is 0 Å². The van der Waals surface area contributed by atoms with Crippen LogP contribution in [0.15, 0.2) is 18.2 Å². The lowest BCUT2D eigenvalue weighted by molar-refractivity contribution is -0.130. The number of aryl methyl sites for hydroxylation is 1. The minimum absolute atomic E-state index is 0.105. The predicted molar refractivity (Wildman–Crippen MR) is 69.8 cm³/mol. The van der Waals surface area contributed by atoms with Crippen LogP contribution in [0.1, 0.15) is 5.56 Å². The zero-order valence-corrected chi connectivity index (χ0v) is 11.0. The van der Waals surface area contributed by atoms with Crippen molar-refractivity contribution >= 4 is 17.3 Å². The van der Waals surface area contributed by atoms with Gasteiger partial charge >= 0.3 is 0 Å². The number of aliphatic hydroxyl groups is 1. The van der Waals surface area contributed by atoms with Crippen LogP contribution >= 0.6 is 11.6 Å². The van der Waals surface area contributed by atoms with E-state index in [1.165, 1.54) is 0 Å². The molecule has 0 aliphatic carbocycles. The zero-order chi connectivity index (χ0) is 12.5. The van der Waals surface area contributed by atoms with Crippen molar-refractivity contribution in [3.63, 3.8) is 0 Å². The fraction of sp³-hybridized carbons (Fsp3) is 0.538. The van der Waals surface area contributed by atoms with Crippen LogP contribution in [-0.2, 0) is 4.74 Å². The monoisotopic (exact) mass is 255 g/mol. The Kier molecular flexibility index (Phi) is 3.61. The van der Waals surface area contributed by atoms with Crippen molar-refractivity contribution < 1.29 is 9.84 Å². The van der Waals surface area contributed by atoms with Gasteiger partial charge in [0.2, 0.25) is 0 Å². The number of hydrogen-bond acceptors (Lipinski definition) is 3. The second-order valence-corrected chi connectivity index (χ2v) is 5.35. The van der Waals surface area contributed by atoms with Gasteiger partial charge in [-0.05, 0) is 24.6 Å². The lowest BCUT2D eigenvalue weighted by Gasteiger charge is -2.42. The summed E-state index contributed by atoms with van der Waals surface area (Å²) in [7, 11) is 2.01. The average molecular weight is 256 g/mol. The molecule has 0 radical (unpaired) electrons. The van der Waals surface area contributed by atoms with Crippen molar-refractivity contribution in [3.05, 3.63) is 28.8 Å². The van der Waals surface area contributed by atoms with E-state index in [4.69, 9.17) is 16.3 Å². The first-order chi connectivity index (χ1) is 8.06. The van der Waals surface area contributed by atoms with Gasteiger partial charge in [-0.1, -0.05) is 17.7 Å². The Morgan fingerprint density at radius 2 is 2.18 bits per heavy atom. The summed E-state index contributed by atoms with van der Waals surface area (Å²) >= 11 is 6.11. The van der Waals surface area contributed by atoms with E-state index in [-0.39, 0.29) is 12.0 Å². The number of benzene rings is 1. The Morgan fingerprint density at radius 1 is 1.47 bits per heavy atom. The lowest BCUT2D eigenvalue weighted by atomic mass is 9.86. The number of nitrogens with zero attached hydrogens (tertiary/aromatic N) is 1. The van der Waals surface area contributed by atoms with Gasteiger partial charge in [-0.2, -0.15) is 0 Å². The highest BCUT2D eigenvalue weighted by atomic mass is 35.5. The molecule has 0 amide bonds. The van der Waals surface area contributed by atoms with E-state index in [1.807, 2.05) is 32.2 Å². The van der Waals surface area contributed by atoms with Gasteiger partial charge in [0, 0.05) is 24.3 Å². The topological polar surface area (TPSA) is 32.7 Å². The molecule has 0 bridgehead atoms. The van der Waals surface area contributed by atoms with Gasteiger partial charge in [0.1, 0.15) is 0 Å². The predicted octanol–water partition coefficient (Wildman–Crippen LogP) is 2.09. The van der Waals surface area contributed by atoms with Crippen LogP contribution in [-0.4, -0.2) is 38.5 Å². The molecule has 1 aromatic rings. The van der Waals surface area contributed by atoms with Crippen LogP contribution in [0.2, 0.25) is 5.02 Å². The minimum atomic E-state index is -0.105. The molecule has 0 saturated carbocycles. The second-order valence-electron chi connectivity index (χ2n) is 4.94. The quantitative estimate of drug-likeness (QED) is 0.894. The number of anilines is 1. The number of ether oxygens (including phenoxy) is 1. The van der Waals surface area contributed by atoms with Crippen molar-refractivity contribution in [2.75, 3.05) is 38.3 Å². The standard InChI is InChI=1S/C13H18ClNO2/c1-10-3-4-11(5-12(10)14)15(2)6-13(7-16)8-17-9-13/h3-5,16H,6-9H2,1-2H3. The maximum atomic E-state index is 9.40. The van der Waals surface area contributed by atoms with Gasteiger partial charge in [-0.3, -0.25) is 0 Å². The van der Waals surface area contributed by atoms with E-state index < -0.39 is 0 Å². The first-order valence-electron chi connectivity index (χ1n) is 5.72. The van der Waals surface area contributed by atoms with Crippen molar-refractivity contribution in [2.45, 2.75) is 6.92 Å². The smallest absolute Gasteiger partial charge is 0.0584 e. The molecule has 0 aromatic heterocycles. The molecule has 3 nitrogen and oxygen atoms in total. The maximum absolute atomic E-state index is 9.40. The van der Waals surface area contributed by atoms with E-state index >= 15 is 0 Å². The summed E-state index contributed by atoms with van der Waals surface area (Å²) in [6.45, 7) is 4.20. The summed E-state index contributed by atoms with van der Waals surface area (Å²) in [4.78, 5) is 2.12. The third-order valence-corrected chi connectivity index (χ3v) is 3.73. The first-order valence-corrected chi connectivity index (χ1v) is 6.10. The normalized spacial score (nSPS) is 17.6. The van der Waals surface area contributed by atoms with Gasteiger partial charge < -0.3 is 14.7 Å². The summed E-state index contributed by atoms with van der Waals surface area (Å²) in [6, 6.07) is 6.02. The van der Waals surface area contributed by atoms with Gasteiger partial charge in [0.25, 0.3) is 0 Å².